The van der Waals surface area contributed by atoms with Crippen LogP contribution in [0.15, 0.2) is 48.3 Å². The highest BCUT2D eigenvalue weighted by molar-refractivity contribution is 6.31. The van der Waals surface area contributed by atoms with E-state index in [1.165, 1.54) is 18.5 Å². The van der Waals surface area contributed by atoms with E-state index < -0.39 is 0 Å². The lowest BCUT2D eigenvalue weighted by molar-refractivity contribution is -0.139. The molecule has 140 valence electrons. The predicted molar refractivity (Wildman–Crippen MR) is 104 cm³/mol. The number of amides is 2. The second-order valence-electron chi connectivity index (χ2n) is 6.15. The van der Waals surface area contributed by atoms with E-state index in [1.54, 1.807) is 40.4 Å². The molecule has 27 heavy (non-hydrogen) atoms. The summed E-state index contributed by atoms with van der Waals surface area (Å²) in [6.45, 7) is 2.79. The first kappa shape index (κ1) is 19.3. The van der Waals surface area contributed by atoms with E-state index in [-0.39, 0.29) is 17.9 Å². The molecule has 2 amide bonds. The zero-order chi connectivity index (χ0) is 19.4. The van der Waals surface area contributed by atoms with Crippen molar-refractivity contribution >= 4 is 35.0 Å². The third-order valence-corrected chi connectivity index (χ3v) is 4.79. The molecule has 0 saturated carbocycles. The van der Waals surface area contributed by atoms with Gasteiger partial charge in [0.2, 0.25) is 11.8 Å². The van der Waals surface area contributed by atoms with Crippen LogP contribution in [0.3, 0.4) is 0 Å². The molecule has 1 saturated heterocycles. The van der Waals surface area contributed by atoms with Crippen LogP contribution in [0.25, 0.3) is 11.4 Å². The molecular weight excluding hydrogens is 387 g/mol. The molecule has 3 rings (SSSR count). The minimum atomic E-state index is -0.343. The van der Waals surface area contributed by atoms with Gasteiger partial charge in [0.05, 0.1) is 6.04 Å². The van der Waals surface area contributed by atoms with E-state index >= 15 is 0 Å². The SMILES string of the molecule is CC(=O)N1CCN(C(=O)/C=C\Cl)[C@H](c2cc(Cl)cc(-c3ncccn3)c2)C1. The van der Waals surface area contributed by atoms with Crippen molar-refractivity contribution in [1.29, 1.82) is 0 Å². The Kier molecular flexibility index (Phi) is 6.08. The van der Waals surface area contributed by atoms with E-state index in [4.69, 9.17) is 23.2 Å². The molecule has 2 aromatic rings. The molecule has 1 aliphatic heterocycles. The van der Waals surface area contributed by atoms with Crippen molar-refractivity contribution in [3.8, 4) is 11.4 Å². The average Bonchev–Trinajstić information content (AvgIpc) is 2.68. The van der Waals surface area contributed by atoms with Crippen molar-refractivity contribution in [2.24, 2.45) is 0 Å². The van der Waals surface area contributed by atoms with Crippen molar-refractivity contribution in [2.75, 3.05) is 19.6 Å². The molecule has 1 fully saturated rings. The van der Waals surface area contributed by atoms with Crippen molar-refractivity contribution < 1.29 is 9.59 Å². The van der Waals surface area contributed by atoms with Gasteiger partial charge >= 0.3 is 0 Å². The van der Waals surface area contributed by atoms with Gasteiger partial charge in [-0.15, -0.1) is 0 Å². The van der Waals surface area contributed by atoms with E-state index in [9.17, 15) is 9.59 Å². The molecule has 2 heterocycles. The lowest BCUT2D eigenvalue weighted by atomic mass is 9.99. The van der Waals surface area contributed by atoms with Gasteiger partial charge in [-0.3, -0.25) is 9.59 Å². The first-order valence-electron chi connectivity index (χ1n) is 8.40. The van der Waals surface area contributed by atoms with Gasteiger partial charge in [-0.1, -0.05) is 23.2 Å². The highest BCUT2D eigenvalue weighted by Crippen LogP contribution is 2.31. The second kappa shape index (κ2) is 8.50. The van der Waals surface area contributed by atoms with Gasteiger partial charge < -0.3 is 9.80 Å². The molecule has 0 unspecified atom stereocenters. The largest absolute Gasteiger partial charge is 0.339 e. The zero-order valence-electron chi connectivity index (χ0n) is 14.7. The third-order valence-electron chi connectivity index (χ3n) is 4.44. The topological polar surface area (TPSA) is 66.4 Å². The number of halogens is 2. The molecule has 1 aliphatic rings. The number of aromatic nitrogens is 2. The molecule has 8 heteroatoms. The van der Waals surface area contributed by atoms with Gasteiger partial charge in [0.1, 0.15) is 0 Å². The molecule has 0 aliphatic carbocycles. The lowest BCUT2D eigenvalue weighted by Crippen LogP contribution is -2.51. The van der Waals surface area contributed by atoms with Gasteiger partial charge in [0.15, 0.2) is 5.82 Å². The molecule has 0 bridgehead atoms. The number of benzene rings is 1. The van der Waals surface area contributed by atoms with Crippen LogP contribution in [0.1, 0.15) is 18.5 Å². The van der Waals surface area contributed by atoms with Crippen molar-refractivity contribution in [3.63, 3.8) is 0 Å². The molecule has 0 radical (unpaired) electrons. The maximum Gasteiger partial charge on any atom is 0.248 e. The number of piperazine rings is 1. The maximum absolute atomic E-state index is 12.5. The number of rotatable bonds is 3. The van der Waals surface area contributed by atoms with E-state index in [0.29, 0.717) is 30.5 Å². The summed E-state index contributed by atoms with van der Waals surface area (Å²) < 4.78 is 0. The second-order valence-corrected chi connectivity index (χ2v) is 6.84. The quantitative estimate of drug-likeness (QED) is 0.736. The van der Waals surface area contributed by atoms with E-state index in [0.717, 1.165) is 11.1 Å². The summed E-state index contributed by atoms with van der Waals surface area (Å²) in [5.74, 6) is 0.295. The van der Waals surface area contributed by atoms with Gasteiger partial charge in [-0.2, -0.15) is 0 Å². The molecule has 1 aromatic carbocycles. The first-order chi connectivity index (χ1) is 13.0. The summed E-state index contributed by atoms with van der Waals surface area (Å²) in [7, 11) is 0. The Balaban J connectivity index is 2.02. The standard InChI is InChI=1S/C19H18Cl2N4O2/c1-13(26)24-7-8-25(18(27)3-4-20)17(12-24)14-9-15(11-16(21)10-14)19-22-5-2-6-23-19/h2-6,9-11,17H,7-8,12H2,1H3/b4-3-/t17-/m0/s1. The number of carbonyl (C=O) groups excluding carboxylic acids is 2. The normalized spacial score (nSPS) is 17.4. The van der Waals surface area contributed by atoms with Gasteiger partial charge in [-0.05, 0) is 29.8 Å². The third kappa shape index (κ3) is 4.46. The van der Waals surface area contributed by atoms with Crippen molar-refractivity contribution in [3.05, 3.63) is 58.9 Å². The fraction of sp³-hybridized carbons (Fsp3) is 0.263. The summed E-state index contributed by atoms with van der Waals surface area (Å²) in [5, 5.41) is 0.509. The summed E-state index contributed by atoms with van der Waals surface area (Å²) >= 11 is 11.9. The smallest absolute Gasteiger partial charge is 0.248 e. The minimum absolute atomic E-state index is 0.0337. The monoisotopic (exact) mass is 404 g/mol. The number of nitrogens with zero attached hydrogens (tertiary/aromatic N) is 4. The van der Waals surface area contributed by atoms with Crippen molar-refractivity contribution in [2.45, 2.75) is 13.0 Å². The Hall–Kier alpha value is -2.44. The predicted octanol–water partition coefficient (Wildman–Crippen LogP) is 3.28. The number of hydrogen-bond donors (Lipinski definition) is 0. The minimum Gasteiger partial charge on any atom is -0.339 e. The Morgan fingerprint density at radius 3 is 2.59 bits per heavy atom. The summed E-state index contributed by atoms with van der Waals surface area (Å²) in [6, 6.07) is 6.87. The maximum atomic E-state index is 12.5. The Labute approximate surface area is 167 Å². The Morgan fingerprint density at radius 2 is 1.93 bits per heavy atom. The van der Waals surface area contributed by atoms with Crippen LogP contribution in [0.2, 0.25) is 5.02 Å². The van der Waals surface area contributed by atoms with Crippen LogP contribution >= 0.6 is 23.2 Å². The van der Waals surface area contributed by atoms with Crippen LogP contribution in [-0.4, -0.2) is 51.2 Å². The summed E-state index contributed by atoms with van der Waals surface area (Å²) in [4.78, 5) is 36.3. The summed E-state index contributed by atoms with van der Waals surface area (Å²) in [6.07, 6.45) is 4.62. The molecule has 6 nitrogen and oxygen atoms in total. The molecule has 1 aromatic heterocycles. The molecular formula is C19H18Cl2N4O2. The Bertz CT molecular complexity index is 873. The fourth-order valence-electron chi connectivity index (χ4n) is 3.15. The van der Waals surface area contributed by atoms with Crippen LogP contribution in [0.4, 0.5) is 0 Å². The fourth-order valence-corrected chi connectivity index (χ4v) is 3.50. The summed E-state index contributed by atoms with van der Waals surface area (Å²) in [5.41, 5.74) is 2.75. The van der Waals surface area contributed by atoms with E-state index in [2.05, 4.69) is 9.97 Å². The van der Waals surface area contributed by atoms with Crippen LogP contribution in [0, 0.1) is 0 Å². The van der Waals surface area contributed by atoms with Crippen LogP contribution < -0.4 is 0 Å². The van der Waals surface area contributed by atoms with Crippen LogP contribution in [-0.2, 0) is 9.59 Å². The van der Waals surface area contributed by atoms with Crippen molar-refractivity contribution in [1.82, 2.24) is 19.8 Å². The zero-order valence-corrected chi connectivity index (χ0v) is 16.2. The van der Waals surface area contributed by atoms with Gasteiger partial charge in [0.25, 0.3) is 0 Å². The van der Waals surface area contributed by atoms with Gasteiger partial charge in [0, 0.05) is 61.1 Å². The number of carbonyl (C=O) groups is 2. The lowest BCUT2D eigenvalue weighted by Gasteiger charge is -2.41. The van der Waals surface area contributed by atoms with Gasteiger partial charge in [-0.25, -0.2) is 9.97 Å². The first-order valence-corrected chi connectivity index (χ1v) is 9.22. The Morgan fingerprint density at radius 1 is 1.19 bits per heavy atom. The van der Waals surface area contributed by atoms with Crippen LogP contribution in [0.5, 0.6) is 0 Å². The van der Waals surface area contributed by atoms with E-state index in [1.807, 2.05) is 6.07 Å². The average molecular weight is 405 g/mol. The highest BCUT2D eigenvalue weighted by atomic mass is 35.5. The highest BCUT2D eigenvalue weighted by Gasteiger charge is 2.32. The number of hydrogen-bond acceptors (Lipinski definition) is 4. The molecule has 0 spiro atoms. The molecule has 1 atom stereocenters. The molecule has 0 N–H and O–H groups in total.